The monoisotopic (exact) mass is 397 g/mol. The van der Waals surface area contributed by atoms with Crippen LogP contribution in [0, 0.1) is 5.82 Å². The topological polar surface area (TPSA) is 82.4 Å². The number of amides is 1. The first kappa shape index (κ1) is 18.9. The van der Waals surface area contributed by atoms with Crippen LogP contribution < -0.4 is 9.47 Å². The third kappa shape index (κ3) is 4.03. The molecule has 1 amide bonds. The number of rotatable bonds is 5. The van der Waals surface area contributed by atoms with Gasteiger partial charge in [-0.15, -0.1) is 0 Å². The summed E-state index contributed by atoms with van der Waals surface area (Å²) in [6.45, 7) is 0.948. The number of methoxy groups -OCH3 is 1. The molecule has 1 unspecified atom stereocenters. The van der Waals surface area contributed by atoms with Crippen molar-refractivity contribution in [1.29, 1.82) is 0 Å². The maximum Gasteiger partial charge on any atom is 0.316 e. The third-order valence-corrected chi connectivity index (χ3v) is 4.77. The summed E-state index contributed by atoms with van der Waals surface area (Å²) >= 11 is 0. The van der Waals surface area contributed by atoms with Gasteiger partial charge in [0, 0.05) is 25.6 Å². The highest BCUT2D eigenvalue weighted by atomic mass is 19.1. The number of carbonyl (C=O) groups excluding carboxylic acids is 1. The number of hydrogen-bond acceptors (Lipinski definition) is 6. The zero-order valence-electron chi connectivity index (χ0n) is 16.1. The normalized spacial score (nSPS) is 16.1. The van der Waals surface area contributed by atoms with Crippen molar-refractivity contribution >= 4 is 5.91 Å². The van der Waals surface area contributed by atoms with Gasteiger partial charge in [0.2, 0.25) is 0 Å². The van der Waals surface area contributed by atoms with E-state index >= 15 is 0 Å². The summed E-state index contributed by atoms with van der Waals surface area (Å²) in [5, 5.41) is 4.47. The van der Waals surface area contributed by atoms with Crippen LogP contribution >= 0.6 is 0 Å². The summed E-state index contributed by atoms with van der Waals surface area (Å²) < 4.78 is 25.4. The van der Waals surface area contributed by atoms with Crippen LogP contribution in [0.3, 0.4) is 0 Å². The zero-order chi connectivity index (χ0) is 20.4. The molecule has 29 heavy (non-hydrogen) atoms. The highest BCUT2D eigenvalue weighted by Gasteiger charge is 2.30. The van der Waals surface area contributed by atoms with Gasteiger partial charge in [-0.2, -0.15) is 5.10 Å². The van der Waals surface area contributed by atoms with Gasteiger partial charge in [0.05, 0.1) is 31.7 Å². The van der Waals surface area contributed by atoms with Gasteiger partial charge in [-0.25, -0.2) is 14.4 Å². The Morgan fingerprint density at radius 1 is 1.24 bits per heavy atom. The van der Waals surface area contributed by atoms with Crippen molar-refractivity contribution in [1.82, 2.24) is 24.6 Å². The van der Waals surface area contributed by atoms with Crippen LogP contribution in [-0.2, 0) is 7.05 Å². The van der Waals surface area contributed by atoms with Gasteiger partial charge in [-0.1, -0.05) is 12.1 Å². The molecule has 0 spiro atoms. The van der Waals surface area contributed by atoms with Crippen LogP contribution in [-0.4, -0.2) is 56.9 Å². The first-order valence-corrected chi connectivity index (χ1v) is 9.15. The molecular weight excluding hydrogens is 377 g/mol. The molecule has 2 aromatic heterocycles. The number of carbonyl (C=O) groups is 1. The smallest absolute Gasteiger partial charge is 0.316 e. The molecule has 0 radical (unpaired) electrons. The predicted molar refractivity (Wildman–Crippen MR) is 102 cm³/mol. The largest absolute Gasteiger partial charge is 0.497 e. The molecule has 9 heteroatoms. The van der Waals surface area contributed by atoms with E-state index in [1.54, 1.807) is 29.8 Å². The Kier molecular flexibility index (Phi) is 5.11. The Morgan fingerprint density at radius 2 is 2.03 bits per heavy atom. The Hall–Kier alpha value is -3.49. The van der Waals surface area contributed by atoms with Gasteiger partial charge in [-0.3, -0.25) is 9.48 Å². The maximum atomic E-state index is 13.0. The summed E-state index contributed by atoms with van der Waals surface area (Å²) in [6, 6.07) is 9.40. The van der Waals surface area contributed by atoms with E-state index in [9.17, 15) is 9.18 Å². The van der Waals surface area contributed by atoms with Gasteiger partial charge in [0.1, 0.15) is 17.5 Å². The Labute approximate surface area is 166 Å². The highest BCUT2D eigenvalue weighted by Crippen LogP contribution is 2.25. The molecule has 150 valence electrons. The molecule has 0 bridgehead atoms. The fourth-order valence-electron chi connectivity index (χ4n) is 3.27. The number of aryl methyl sites for hydroxylation is 1. The standard InChI is InChI=1S/C20H20FN5O3/c1-25-18(9-17(24-25)13-4-3-5-15(8-13)28-2)19(27)26-7-6-16(12-26)29-20-22-10-14(21)11-23-20/h3-5,8-11,16H,6-7,12H2,1-2H3. The van der Waals surface area contributed by atoms with E-state index in [2.05, 4.69) is 15.1 Å². The van der Waals surface area contributed by atoms with Crippen molar-refractivity contribution in [2.45, 2.75) is 12.5 Å². The van der Waals surface area contributed by atoms with Gasteiger partial charge in [0.25, 0.3) is 5.91 Å². The lowest BCUT2D eigenvalue weighted by atomic mass is 10.1. The molecule has 3 heterocycles. The van der Waals surface area contributed by atoms with Gasteiger partial charge in [-0.05, 0) is 18.2 Å². The van der Waals surface area contributed by atoms with Gasteiger partial charge >= 0.3 is 6.01 Å². The molecule has 3 aromatic rings. The molecule has 1 aliphatic rings. The minimum absolute atomic E-state index is 0.103. The summed E-state index contributed by atoms with van der Waals surface area (Å²) in [5.41, 5.74) is 2.05. The molecule has 4 rings (SSSR count). The molecule has 1 fully saturated rings. The zero-order valence-corrected chi connectivity index (χ0v) is 16.1. The minimum Gasteiger partial charge on any atom is -0.497 e. The van der Waals surface area contributed by atoms with Crippen molar-refractivity contribution < 1.29 is 18.7 Å². The average Bonchev–Trinajstić information content (AvgIpc) is 3.36. The minimum atomic E-state index is -0.524. The van der Waals surface area contributed by atoms with Crippen LogP contribution in [0.1, 0.15) is 16.9 Å². The Bertz CT molecular complexity index is 1020. The molecule has 0 aliphatic carbocycles. The molecular formula is C20H20FN5O3. The van der Waals surface area contributed by atoms with Crippen molar-refractivity contribution in [3.05, 3.63) is 54.2 Å². The van der Waals surface area contributed by atoms with Crippen LogP contribution in [0.4, 0.5) is 4.39 Å². The quantitative estimate of drug-likeness (QED) is 0.657. The number of halogens is 1. The molecule has 1 atom stereocenters. The Balaban J connectivity index is 1.46. The van der Waals surface area contributed by atoms with Crippen LogP contribution in [0.25, 0.3) is 11.3 Å². The van der Waals surface area contributed by atoms with Crippen molar-refractivity contribution in [2.24, 2.45) is 7.05 Å². The number of benzene rings is 1. The van der Waals surface area contributed by atoms with Crippen LogP contribution in [0.2, 0.25) is 0 Å². The third-order valence-electron chi connectivity index (χ3n) is 4.77. The molecule has 0 N–H and O–H groups in total. The molecule has 1 saturated heterocycles. The lowest BCUT2D eigenvalue weighted by Crippen LogP contribution is -2.32. The lowest BCUT2D eigenvalue weighted by Gasteiger charge is -2.16. The molecule has 1 aliphatic heterocycles. The summed E-state index contributed by atoms with van der Waals surface area (Å²) in [6.07, 6.45) is 2.51. The number of aromatic nitrogens is 4. The summed E-state index contributed by atoms with van der Waals surface area (Å²) in [4.78, 5) is 22.3. The van der Waals surface area contributed by atoms with Crippen LogP contribution in [0.15, 0.2) is 42.7 Å². The number of hydrogen-bond donors (Lipinski definition) is 0. The van der Waals surface area contributed by atoms with Crippen LogP contribution in [0.5, 0.6) is 11.8 Å². The fraction of sp³-hybridized carbons (Fsp3) is 0.300. The Morgan fingerprint density at radius 3 is 2.79 bits per heavy atom. The van der Waals surface area contributed by atoms with Crippen molar-refractivity contribution in [3.63, 3.8) is 0 Å². The first-order valence-electron chi connectivity index (χ1n) is 9.15. The van der Waals surface area contributed by atoms with E-state index in [4.69, 9.17) is 9.47 Å². The van der Waals surface area contributed by atoms with E-state index in [0.717, 1.165) is 23.7 Å². The van der Waals surface area contributed by atoms with Crippen molar-refractivity contribution in [3.8, 4) is 23.0 Å². The SMILES string of the molecule is COc1cccc(-c2cc(C(=O)N3CCC(Oc4ncc(F)cn4)C3)n(C)n2)c1. The summed E-state index contributed by atoms with van der Waals surface area (Å²) in [5.74, 6) is 0.0764. The summed E-state index contributed by atoms with van der Waals surface area (Å²) in [7, 11) is 3.35. The molecule has 8 nitrogen and oxygen atoms in total. The maximum absolute atomic E-state index is 13.0. The second-order valence-corrected chi connectivity index (χ2v) is 6.73. The number of likely N-dealkylation sites (tertiary alicyclic amines) is 1. The van der Waals surface area contributed by atoms with E-state index < -0.39 is 5.82 Å². The highest BCUT2D eigenvalue weighted by molar-refractivity contribution is 5.94. The molecule has 1 aromatic carbocycles. The second kappa shape index (κ2) is 7.86. The fourth-order valence-corrected chi connectivity index (χ4v) is 3.27. The number of ether oxygens (including phenoxy) is 2. The first-order chi connectivity index (χ1) is 14.0. The number of nitrogens with zero attached hydrogens (tertiary/aromatic N) is 5. The average molecular weight is 397 g/mol. The van der Waals surface area contributed by atoms with Crippen molar-refractivity contribution in [2.75, 3.05) is 20.2 Å². The lowest BCUT2D eigenvalue weighted by molar-refractivity contribution is 0.0759. The van der Waals surface area contributed by atoms with Gasteiger partial charge < -0.3 is 14.4 Å². The van der Waals surface area contributed by atoms with E-state index in [1.807, 2.05) is 24.3 Å². The second-order valence-electron chi connectivity index (χ2n) is 6.73. The van der Waals surface area contributed by atoms with E-state index in [-0.39, 0.29) is 18.0 Å². The molecule has 0 saturated carbocycles. The predicted octanol–water partition coefficient (Wildman–Crippen LogP) is 2.32. The van der Waals surface area contributed by atoms with E-state index in [1.165, 1.54) is 0 Å². The van der Waals surface area contributed by atoms with E-state index in [0.29, 0.717) is 30.9 Å². The van der Waals surface area contributed by atoms with Gasteiger partial charge in [0.15, 0.2) is 5.82 Å².